The highest BCUT2D eigenvalue weighted by atomic mass is 16.1. The van der Waals surface area contributed by atoms with E-state index in [1.54, 1.807) is 6.20 Å². The fourth-order valence-corrected chi connectivity index (χ4v) is 2.20. The molecule has 2 N–H and O–H groups in total. The number of anilines is 1. The van der Waals surface area contributed by atoms with E-state index in [4.69, 9.17) is 0 Å². The molecule has 4 nitrogen and oxygen atoms in total. The van der Waals surface area contributed by atoms with Crippen LogP contribution in [0.5, 0.6) is 0 Å². The monoisotopic (exact) mass is 261 g/mol. The van der Waals surface area contributed by atoms with Gasteiger partial charge < -0.3 is 10.6 Å². The number of amides is 1. The molecule has 2 rings (SSSR count). The zero-order chi connectivity index (χ0) is 13.5. The molecule has 0 saturated heterocycles. The molecule has 1 amide bonds. The average Bonchev–Trinajstić information content (AvgIpc) is 2.39. The molecule has 1 saturated carbocycles. The van der Waals surface area contributed by atoms with Crippen LogP contribution in [-0.2, 0) is 0 Å². The van der Waals surface area contributed by atoms with Crippen LogP contribution in [0.1, 0.15) is 49.5 Å². The van der Waals surface area contributed by atoms with Crippen LogP contribution < -0.4 is 10.6 Å². The van der Waals surface area contributed by atoms with Crippen molar-refractivity contribution in [2.75, 3.05) is 18.4 Å². The van der Waals surface area contributed by atoms with Crippen LogP contribution >= 0.6 is 0 Å². The topological polar surface area (TPSA) is 54.0 Å². The summed E-state index contributed by atoms with van der Waals surface area (Å²) in [6.07, 6.45) is 7.84. The van der Waals surface area contributed by atoms with E-state index in [-0.39, 0.29) is 5.91 Å². The van der Waals surface area contributed by atoms with E-state index >= 15 is 0 Å². The SMILES string of the molecule is CCCNc1ccnc(C(=O)NCCC2CCC2)c1. The van der Waals surface area contributed by atoms with E-state index in [9.17, 15) is 4.79 Å². The lowest BCUT2D eigenvalue weighted by Crippen LogP contribution is -2.28. The Balaban J connectivity index is 1.79. The minimum absolute atomic E-state index is 0.0699. The summed E-state index contributed by atoms with van der Waals surface area (Å²) in [5.74, 6) is 0.755. The van der Waals surface area contributed by atoms with Gasteiger partial charge in [-0.3, -0.25) is 9.78 Å². The Morgan fingerprint density at radius 3 is 2.95 bits per heavy atom. The molecule has 0 unspecified atom stereocenters. The van der Waals surface area contributed by atoms with Crippen molar-refractivity contribution in [3.05, 3.63) is 24.0 Å². The van der Waals surface area contributed by atoms with Gasteiger partial charge in [-0.1, -0.05) is 26.2 Å². The van der Waals surface area contributed by atoms with E-state index in [0.717, 1.165) is 37.5 Å². The van der Waals surface area contributed by atoms with Gasteiger partial charge in [0.05, 0.1) is 0 Å². The number of hydrogen-bond donors (Lipinski definition) is 2. The van der Waals surface area contributed by atoms with Gasteiger partial charge >= 0.3 is 0 Å². The largest absolute Gasteiger partial charge is 0.385 e. The van der Waals surface area contributed by atoms with Gasteiger partial charge in [0.2, 0.25) is 0 Å². The first-order valence-electron chi connectivity index (χ1n) is 7.27. The van der Waals surface area contributed by atoms with Crippen LogP contribution in [0.15, 0.2) is 18.3 Å². The highest BCUT2D eigenvalue weighted by Crippen LogP contribution is 2.28. The molecular weight excluding hydrogens is 238 g/mol. The average molecular weight is 261 g/mol. The van der Waals surface area contributed by atoms with Crippen LogP contribution in [0.4, 0.5) is 5.69 Å². The summed E-state index contributed by atoms with van der Waals surface area (Å²) in [5, 5.41) is 6.21. The van der Waals surface area contributed by atoms with Gasteiger partial charge in [-0.05, 0) is 30.9 Å². The Kier molecular flexibility index (Phi) is 5.19. The second kappa shape index (κ2) is 7.12. The van der Waals surface area contributed by atoms with Gasteiger partial charge in [0.25, 0.3) is 5.91 Å². The Labute approximate surface area is 115 Å². The molecule has 1 aliphatic carbocycles. The van der Waals surface area contributed by atoms with Crippen molar-refractivity contribution in [2.24, 2.45) is 5.92 Å². The summed E-state index contributed by atoms with van der Waals surface area (Å²) < 4.78 is 0. The van der Waals surface area contributed by atoms with Crippen LogP contribution in [0.3, 0.4) is 0 Å². The molecule has 104 valence electrons. The molecule has 1 aliphatic rings. The standard InChI is InChI=1S/C15H23N3O/c1-2-8-16-13-7-10-17-14(11-13)15(19)18-9-6-12-4-3-5-12/h7,10-12H,2-6,8-9H2,1H3,(H,16,17)(H,18,19). The third-order valence-corrected chi connectivity index (χ3v) is 3.63. The minimum Gasteiger partial charge on any atom is -0.385 e. The van der Waals surface area contributed by atoms with Gasteiger partial charge in [0, 0.05) is 25.0 Å². The van der Waals surface area contributed by atoms with Crippen molar-refractivity contribution in [1.82, 2.24) is 10.3 Å². The fraction of sp³-hybridized carbons (Fsp3) is 0.600. The molecule has 0 aromatic carbocycles. The van der Waals surface area contributed by atoms with E-state index in [2.05, 4.69) is 22.5 Å². The number of carbonyl (C=O) groups excluding carboxylic acids is 1. The molecular formula is C15H23N3O. The first-order valence-corrected chi connectivity index (χ1v) is 7.27. The highest BCUT2D eigenvalue weighted by Gasteiger charge is 2.17. The van der Waals surface area contributed by atoms with Crippen molar-refractivity contribution in [3.8, 4) is 0 Å². The summed E-state index contributed by atoms with van der Waals surface area (Å²) in [6.45, 7) is 3.78. The van der Waals surface area contributed by atoms with Gasteiger partial charge in [0.1, 0.15) is 5.69 Å². The van der Waals surface area contributed by atoms with Gasteiger partial charge in [-0.15, -0.1) is 0 Å². The number of carbonyl (C=O) groups is 1. The number of nitrogens with one attached hydrogen (secondary N) is 2. The molecule has 4 heteroatoms. The first-order chi connectivity index (χ1) is 9.29. The maximum atomic E-state index is 12.0. The van der Waals surface area contributed by atoms with Crippen LogP contribution in [0.2, 0.25) is 0 Å². The molecule has 0 radical (unpaired) electrons. The van der Waals surface area contributed by atoms with Crippen molar-refractivity contribution in [3.63, 3.8) is 0 Å². The zero-order valence-corrected chi connectivity index (χ0v) is 11.6. The van der Waals surface area contributed by atoms with Crippen molar-refractivity contribution in [2.45, 2.75) is 39.0 Å². The van der Waals surface area contributed by atoms with Crippen LogP contribution in [0.25, 0.3) is 0 Å². The Morgan fingerprint density at radius 1 is 1.42 bits per heavy atom. The van der Waals surface area contributed by atoms with Crippen molar-refractivity contribution >= 4 is 11.6 Å². The Bertz CT molecular complexity index is 416. The number of rotatable bonds is 7. The van der Waals surface area contributed by atoms with E-state index in [1.165, 1.54) is 19.3 Å². The normalized spacial score (nSPS) is 14.8. The maximum Gasteiger partial charge on any atom is 0.269 e. The molecule has 0 spiro atoms. The van der Waals surface area contributed by atoms with Crippen LogP contribution in [0, 0.1) is 5.92 Å². The molecule has 0 atom stereocenters. The molecule has 1 fully saturated rings. The second-order valence-electron chi connectivity index (χ2n) is 5.20. The summed E-state index contributed by atoms with van der Waals surface area (Å²) in [4.78, 5) is 16.1. The van der Waals surface area contributed by atoms with E-state index < -0.39 is 0 Å². The fourth-order valence-electron chi connectivity index (χ4n) is 2.20. The molecule has 0 bridgehead atoms. The lowest BCUT2D eigenvalue weighted by Gasteiger charge is -2.25. The lowest BCUT2D eigenvalue weighted by molar-refractivity contribution is 0.0944. The molecule has 1 heterocycles. The molecule has 1 aromatic heterocycles. The first kappa shape index (κ1) is 13.8. The second-order valence-corrected chi connectivity index (χ2v) is 5.20. The number of aromatic nitrogens is 1. The predicted octanol–water partition coefficient (Wildman–Crippen LogP) is 2.82. The predicted molar refractivity (Wildman–Crippen MR) is 77.3 cm³/mol. The third kappa shape index (κ3) is 4.23. The molecule has 19 heavy (non-hydrogen) atoms. The quantitative estimate of drug-likeness (QED) is 0.793. The van der Waals surface area contributed by atoms with Gasteiger partial charge in [-0.2, -0.15) is 0 Å². The van der Waals surface area contributed by atoms with Crippen molar-refractivity contribution in [1.29, 1.82) is 0 Å². The van der Waals surface area contributed by atoms with Crippen LogP contribution in [-0.4, -0.2) is 24.0 Å². The van der Waals surface area contributed by atoms with Crippen molar-refractivity contribution < 1.29 is 4.79 Å². The summed E-state index contributed by atoms with van der Waals surface area (Å²) in [6, 6.07) is 3.70. The highest BCUT2D eigenvalue weighted by molar-refractivity contribution is 5.93. The summed E-state index contributed by atoms with van der Waals surface area (Å²) in [7, 11) is 0. The Hall–Kier alpha value is -1.58. The zero-order valence-electron chi connectivity index (χ0n) is 11.6. The number of nitrogens with zero attached hydrogens (tertiary/aromatic N) is 1. The molecule has 0 aliphatic heterocycles. The number of hydrogen-bond acceptors (Lipinski definition) is 3. The number of pyridine rings is 1. The minimum atomic E-state index is -0.0699. The summed E-state index contributed by atoms with van der Waals surface area (Å²) in [5.41, 5.74) is 1.45. The maximum absolute atomic E-state index is 12.0. The smallest absolute Gasteiger partial charge is 0.269 e. The third-order valence-electron chi connectivity index (χ3n) is 3.63. The van der Waals surface area contributed by atoms with Gasteiger partial charge in [0.15, 0.2) is 0 Å². The Morgan fingerprint density at radius 2 is 2.26 bits per heavy atom. The van der Waals surface area contributed by atoms with E-state index in [0.29, 0.717) is 5.69 Å². The lowest BCUT2D eigenvalue weighted by atomic mass is 9.83. The summed E-state index contributed by atoms with van der Waals surface area (Å²) >= 11 is 0. The molecule has 1 aromatic rings. The van der Waals surface area contributed by atoms with Gasteiger partial charge in [-0.25, -0.2) is 0 Å². The van der Waals surface area contributed by atoms with E-state index in [1.807, 2.05) is 12.1 Å².